The van der Waals surface area contributed by atoms with E-state index in [9.17, 15) is 14.9 Å². The van der Waals surface area contributed by atoms with Crippen molar-refractivity contribution in [3.8, 4) is 0 Å². The van der Waals surface area contributed by atoms with Gasteiger partial charge in [-0.3, -0.25) is 14.9 Å². The van der Waals surface area contributed by atoms with Crippen LogP contribution in [0.2, 0.25) is 5.02 Å². The van der Waals surface area contributed by atoms with Crippen LogP contribution in [0.1, 0.15) is 23.2 Å². The van der Waals surface area contributed by atoms with Crippen molar-refractivity contribution in [1.29, 1.82) is 0 Å². The van der Waals surface area contributed by atoms with E-state index in [1.165, 1.54) is 17.0 Å². The molecule has 1 aliphatic rings. The van der Waals surface area contributed by atoms with Crippen LogP contribution < -0.4 is 0 Å². The van der Waals surface area contributed by atoms with Crippen LogP contribution in [-0.2, 0) is 4.74 Å². The van der Waals surface area contributed by atoms with Crippen molar-refractivity contribution in [2.75, 3.05) is 26.8 Å². The lowest BCUT2D eigenvalue weighted by molar-refractivity contribution is -0.385. The maximum atomic E-state index is 12.4. The molecule has 1 fully saturated rings. The molecule has 0 aromatic heterocycles. The van der Waals surface area contributed by atoms with E-state index >= 15 is 0 Å². The first kappa shape index (κ1) is 15.7. The minimum absolute atomic E-state index is 0.0229. The van der Waals surface area contributed by atoms with Gasteiger partial charge in [-0.25, -0.2) is 0 Å². The molecule has 0 aliphatic carbocycles. The lowest BCUT2D eigenvalue weighted by Crippen LogP contribution is -2.34. The molecule has 0 radical (unpaired) electrons. The zero-order chi connectivity index (χ0) is 15.4. The van der Waals surface area contributed by atoms with Crippen LogP contribution in [-0.4, -0.2) is 42.5 Å². The van der Waals surface area contributed by atoms with Gasteiger partial charge in [-0.1, -0.05) is 17.7 Å². The van der Waals surface area contributed by atoms with Crippen molar-refractivity contribution >= 4 is 23.2 Å². The van der Waals surface area contributed by atoms with Crippen molar-refractivity contribution in [3.63, 3.8) is 0 Å². The minimum atomic E-state index is -0.613. The Balaban J connectivity index is 2.15. The molecule has 0 spiro atoms. The zero-order valence-electron chi connectivity index (χ0n) is 11.8. The molecule has 0 saturated carbocycles. The Morgan fingerprint density at radius 1 is 1.48 bits per heavy atom. The fourth-order valence-corrected chi connectivity index (χ4v) is 2.72. The molecule has 1 saturated heterocycles. The van der Waals surface area contributed by atoms with Gasteiger partial charge in [0.15, 0.2) is 0 Å². The first-order valence-electron chi connectivity index (χ1n) is 6.77. The number of ether oxygens (including phenoxy) is 1. The van der Waals surface area contributed by atoms with Gasteiger partial charge in [0.2, 0.25) is 0 Å². The van der Waals surface area contributed by atoms with Gasteiger partial charge < -0.3 is 9.64 Å². The Hall–Kier alpha value is -1.66. The number of rotatable bonds is 4. The van der Waals surface area contributed by atoms with Crippen molar-refractivity contribution in [1.82, 2.24) is 4.90 Å². The second-order valence-electron chi connectivity index (χ2n) is 5.13. The standard InChI is InChI=1S/C14H17ClN2O4/c1-16(9-10-5-7-21-8-6-10)14(18)11-3-2-4-12(15)13(11)17(19)20/h2-4,10H,5-9H2,1H3. The van der Waals surface area contributed by atoms with E-state index in [-0.39, 0.29) is 22.2 Å². The fraction of sp³-hybridized carbons (Fsp3) is 0.500. The second-order valence-corrected chi connectivity index (χ2v) is 5.54. The third-order valence-corrected chi connectivity index (χ3v) is 3.92. The molecule has 21 heavy (non-hydrogen) atoms. The van der Waals surface area contributed by atoms with E-state index in [0.29, 0.717) is 25.7 Å². The molecule has 0 N–H and O–H groups in total. The lowest BCUT2D eigenvalue weighted by atomic mass is 9.99. The molecule has 1 amide bonds. The summed E-state index contributed by atoms with van der Waals surface area (Å²) < 4.78 is 5.28. The molecular formula is C14H17ClN2O4. The number of para-hydroxylation sites is 1. The zero-order valence-corrected chi connectivity index (χ0v) is 12.5. The van der Waals surface area contributed by atoms with Gasteiger partial charge in [0.25, 0.3) is 5.91 Å². The Labute approximate surface area is 127 Å². The van der Waals surface area contributed by atoms with Crippen LogP contribution in [0, 0.1) is 16.0 Å². The number of benzene rings is 1. The van der Waals surface area contributed by atoms with Crippen LogP contribution >= 0.6 is 11.6 Å². The topological polar surface area (TPSA) is 72.7 Å². The largest absolute Gasteiger partial charge is 0.381 e. The first-order valence-corrected chi connectivity index (χ1v) is 7.14. The highest BCUT2D eigenvalue weighted by molar-refractivity contribution is 6.33. The summed E-state index contributed by atoms with van der Waals surface area (Å²) in [6.07, 6.45) is 1.80. The van der Waals surface area contributed by atoms with Gasteiger partial charge in [-0.2, -0.15) is 0 Å². The average Bonchev–Trinajstić information content (AvgIpc) is 2.46. The third kappa shape index (κ3) is 3.71. The van der Waals surface area contributed by atoms with Crippen molar-refractivity contribution < 1.29 is 14.5 Å². The normalized spacial score (nSPS) is 15.7. The fourth-order valence-electron chi connectivity index (χ4n) is 2.48. The number of amides is 1. The van der Waals surface area contributed by atoms with Gasteiger partial charge in [-0.05, 0) is 30.9 Å². The van der Waals surface area contributed by atoms with E-state index in [1.807, 2.05) is 0 Å². The van der Waals surface area contributed by atoms with Crippen LogP contribution in [0.25, 0.3) is 0 Å². The van der Waals surface area contributed by atoms with Crippen molar-refractivity contribution in [2.45, 2.75) is 12.8 Å². The number of nitrogens with zero attached hydrogens (tertiary/aromatic N) is 2. The summed E-state index contributed by atoms with van der Waals surface area (Å²) in [5.41, 5.74) is -0.301. The maximum Gasteiger partial charge on any atom is 0.300 e. The average molecular weight is 313 g/mol. The smallest absolute Gasteiger partial charge is 0.300 e. The molecule has 1 aliphatic heterocycles. The predicted molar refractivity (Wildman–Crippen MR) is 78.6 cm³/mol. The van der Waals surface area contributed by atoms with Crippen LogP contribution in [0.4, 0.5) is 5.69 Å². The van der Waals surface area contributed by atoms with E-state index in [1.54, 1.807) is 13.1 Å². The number of carbonyl (C=O) groups is 1. The molecule has 0 atom stereocenters. The molecule has 1 aromatic carbocycles. The van der Waals surface area contributed by atoms with E-state index < -0.39 is 4.92 Å². The van der Waals surface area contributed by atoms with E-state index in [0.717, 1.165) is 12.8 Å². The predicted octanol–water partition coefficient (Wildman–Crippen LogP) is 2.75. The summed E-state index contributed by atoms with van der Waals surface area (Å²) >= 11 is 5.84. The van der Waals surface area contributed by atoms with Crippen molar-refractivity contribution in [2.24, 2.45) is 5.92 Å². The van der Waals surface area contributed by atoms with E-state index in [4.69, 9.17) is 16.3 Å². The van der Waals surface area contributed by atoms with Crippen LogP contribution in [0.15, 0.2) is 18.2 Å². The van der Waals surface area contributed by atoms with Gasteiger partial charge in [0.05, 0.1) is 4.92 Å². The van der Waals surface area contributed by atoms with Gasteiger partial charge in [0, 0.05) is 26.8 Å². The van der Waals surface area contributed by atoms with Crippen LogP contribution in [0.5, 0.6) is 0 Å². The highest BCUT2D eigenvalue weighted by Gasteiger charge is 2.27. The summed E-state index contributed by atoms with van der Waals surface area (Å²) in [5.74, 6) is -0.0124. The number of nitro groups is 1. The molecule has 0 bridgehead atoms. The number of nitro benzene ring substituents is 1. The molecule has 1 aromatic rings. The molecule has 2 rings (SSSR count). The van der Waals surface area contributed by atoms with Gasteiger partial charge in [-0.15, -0.1) is 0 Å². The number of hydrogen-bond acceptors (Lipinski definition) is 4. The van der Waals surface area contributed by atoms with Crippen LogP contribution in [0.3, 0.4) is 0 Å². The summed E-state index contributed by atoms with van der Waals surface area (Å²) in [5, 5.41) is 11.1. The summed E-state index contributed by atoms with van der Waals surface area (Å²) in [4.78, 5) is 24.4. The third-order valence-electron chi connectivity index (χ3n) is 3.62. The van der Waals surface area contributed by atoms with Crippen molar-refractivity contribution in [3.05, 3.63) is 38.9 Å². The van der Waals surface area contributed by atoms with Gasteiger partial charge in [0.1, 0.15) is 10.6 Å². The summed E-state index contributed by atoms with van der Waals surface area (Å²) in [6.45, 7) is 1.96. The summed E-state index contributed by atoms with van der Waals surface area (Å²) in [6, 6.07) is 4.40. The number of carbonyl (C=O) groups excluding carboxylic acids is 1. The molecule has 0 unspecified atom stereocenters. The molecular weight excluding hydrogens is 296 g/mol. The lowest BCUT2D eigenvalue weighted by Gasteiger charge is -2.27. The molecule has 7 heteroatoms. The number of halogens is 1. The Bertz CT molecular complexity index is 544. The molecule has 114 valence electrons. The quantitative estimate of drug-likeness (QED) is 0.633. The Morgan fingerprint density at radius 3 is 2.76 bits per heavy atom. The summed E-state index contributed by atoms with van der Waals surface area (Å²) in [7, 11) is 1.66. The van der Waals surface area contributed by atoms with E-state index in [2.05, 4.69) is 0 Å². The first-order chi connectivity index (χ1) is 10.0. The Kier molecular flexibility index (Phi) is 5.14. The highest BCUT2D eigenvalue weighted by Crippen LogP contribution is 2.29. The minimum Gasteiger partial charge on any atom is -0.381 e. The monoisotopic (exact) mass is 312 g/mol. The highest BCUT2D eigenvalue weighted by atomic mass is 35.5. The number of hydrogen-bond donors (Lipinski definition) is 0. The SMILES string of the molecule is CN(CC1CCOCC1)C(=O)c1cccc(Cl)c1[N+](=O)[O-]. The molecule has 6 nitrogen and oxygen atoms in total. The Morgan fingerprint density at radius 2 is 2.14 bits per heavy atom. The molecule has 1 heterocycles. The second kappa shape index (κ2) is 6.87. The maximum absolute atomic E-state index is 12.4. The van der Waals surface area contributed by atoms with Gasteiger partial charge >= 0.3 is 5.69 Å².